The van der Waals surface area contributed by atoms with E-state index in [0.29, 0.717) is 5.02 Å². The Hall–Kier alpha value is -1.97. The summed E-state index contributed by atoms with van der Waals surface area (Å²) in [5.41, 5.74) is 13.3. The van der Waals surface area contributed by atoms with Crippen molar-refractivity contribution in [3.63, 3.8) is 0 Å². The van der Waals surface area contributed by atoms with Gasteiger partial charge in [0.25, 0.3) is 0 Å². The molecule has 2 aromatic carbocycles. The van der Waals surface area contributed by atoms with E-state index < -0.39 is 0 Å². The van der Waals surface area contributed by atoms with Gasteiger partial charge >= 0.3 is 0 Å². The minimum absolute atomic E-state index is 0.673. The molecular weight excluding hydrogens is 306 g/mol. The lowest BCUT2D eigenvalue weighted by molar-refractivity contribution is 0.311. The minimum Gasteiger partial charge on any atom is -0.397 e. The lowest BCUT2D eigenvalue weighted by Crippen LogP contribution is -2.27. The molecule has 0 fully saturated rings. The van der Waals surface area contributed by atoms with E-state index in [4.69, 9.17) is 17.3 Å². The van der Waals surface area contributed by atoms with Crippen molar-refractivity contribution < 1.29 is 0 Å². The predicted octanol–water partition coefficient (Wildman–Crippen LogP) is 4.16. The molecule has 0 atom stereocenters. The Morgan fingerprint density at radius 1 is 1.13 bits per heavy atom. The summed E-state index contributed by atoms with van der Waals surface area (Å²) in [6.07, 6.45) is 1.03. The summed E-state index contributed by atoms with van der Waals surface area (Å²) in [4.78, 5) is 2.37. The summed E-state index contributed by atoms with van der Waals surface area (Å²) >= 11 is 6.08. The molecule has 3 nitrogen and oxygen atoms in total. The maximum atomic E-state index is 6.28. The van der Waals surface area contributed by atoms with Crippen LogP contribution < -0.4 is 5.73 Å². The van der Waals surface area contributed by atoms with E-state index in [9.17, 15) is 0 Å². The first-order chi connectivity index (χ1) is 11.0. The average Bonchev–Trinajstić information content (AvgIpc) is 2.81. The van der Waals surface area contributed by atoms with E-state index in [1.165, 1.54) is 27.7 Å². The van der Waals surface area contributed by atoms with Gasteiger partial charge in [0.1, 0.15) is 0 Å². The van der Waals surface area contributed by atoms with Crippen molar-refractivity contribution in [1.29, 1.82) is 0 Å². The van der Waals surface area contributed by atoms with E-state index in [2.05, 4.69) is 41.6 Å². The molecule has 2 heterocycles. The van der Waals surface area contributed by atoms with Crippen molar-refractivity contribution in [2.24, 2.45) is 0 Å². The Balaban J connectivity index is 2.06. The first-order valence-electron chi connectivity index (χ1n) is 7.91. The highest BCUT2D eigenvalue weighted by atomic mass is 35.5. The third-order valence-corrected chi connectivity index (χ3v) is 4.96. The van der Waals surface area contributed by atoms with Gasteiger partial charge in [0.05, 0.1) is 16.9 Å². The molecule has 0 spiro atoms. The molecule has 1 aliphatic rings. The number of halogens is 1. The number of hydrogen-bond acceptors (Lipinski definition) is 2. The van der Waals surface area contributed by atoms with Crippen LogP contribution in [0.4, 0.5) is 5.69 Å². The van der Waals surface area contributed by atoms with Crippen molar-refractivity contribution in [2.75, 3.05) is 19.3 Å². The largest absolute Gasteiger partial charge is 0.397 e. The minimum atomic E-state index is 0.673. The molecule has 3 aromatic rings. The van der Waals surface area contributed by atoms with Crippen molar-refractivity contribution in [2.45, 2.75) is 19.9 Å². The summed E-state index contributed by atoms with van der Waals surface area (Å²) < 4.78 is 2.32. The third kappa shape index (κ3) is 2.32. The number of anilines is 1. The molecule has 0 amide bonds. The first kappa shape index (κ1) is 14.6. The van der Waals surface area contributed by atoms with Crippen LogP contribution in [-0.4, -0.2) is 23.1 Å². The fraction of sp³-hybridized carbons (Fsp3) is 0.263. The van der Waals surface area contributed by atoms with Crippen LogP contribution in [0, 0.1) is 6.92 Å². The highest BCUT2D eigenvalue weighted by molar-refractivity contribution is 6.31. The summed E-state index contributed by atoms with van der Waals surface area (Å²) in [5.74, 6) is 0. The van der Waals surface area contributed by atoms with E-state index in [1.54, 1.807) is 0 Å². The van der Waals surface area contributed by atoms with Crippen molar-refractivity contribution >= 4 is 28.2 Å². The van der Waals surface area contributed by atoms with Gasteiger partial charge in [-0.15, -0.1) is 0 Å². The molecule has 4 rings (SSSR count). The molecule has 1 aliphatic heterocycles. The number of hydrogen-bond donors (Lipinski definition) is 1. The number of nitrogen functional groups attached to an aromatic ring is 1. The SMILES string of the molecule is Cc1ccc2c(c1)c1c(n2-c2ccc(Cl)cc2N)CCN(C)C1. The van der Waals surface area contributed by atoms with Crippen molar-refractivity contribution in [3.05, 3.63) is 58.2 Å². The third-order valence-electron chi connectivity index (χ3n) is 4.73. The van der Waals surface area contributed by atoms with Crippen LogP contribution in [0.2, 0.25) is 5.02 Å². The number of nitrogens with two attached hydrogens (primary N) is 1. The second kappa shape index (κ2) is 5.29. The summed E-state index contributed by atoms with van der Waals surface area (Å²) in [7, 11) is 2.18. The molecule has 0 saturated carbocycles. The van der Waals surface area contributed by atoms with E-state index >= 15 is 0 Å². The second-order valence-electron chi connectivity index (χ2n) is 6.47. The highest BCUT2D eigenvalue weighted by Gasteiger charge is 2.23. The standard InChI is InChI=1S/C19H20ClN3/c1-12-3-5-17-14(9-12)15-11-22(2)8-7-18(15)23(17)19-6-4-13(20)10-16(19)21/h3-6,9-10H,7-8,11,21H2,1-2H3. The molecule has 4 heteroatoms. The Bertz CT molecular complexity index is 911. The topological polar surface area (TPSA) is 34.2 Å². The molecule has 0 aliphatic carbocycles. The molecule has 0 unspecified atom stereocenters. The smallest absolute Gasteiger partial charge is 0.0689 e. The van der Waals surface area contributed by atoms with Crippen LogP contribution in [0.1, 0.15) is 16.8 Å². The number of fused-ring (bicyclic) bond motifs is 3. The Morgan fingerprint density at radius 2 is 1.96 bits per heavy atom. The number of aromatic nitrogens is 1. The van der Waals surface area contributed by atoms with Gasteiger partial charge in [0.2, 0.25) is 0 Å². The zero-order chi connectivity index (χ0) is 16.1. The molecule has 0 saturated heterocycles. The fourth-order valence-electron chi connectivity index (χ4n) is 3.61. The average molecular weight is 326 g/mol. The monoisotopic (exact) mass is 325 g/mol. The van der Waals surface area contributed by atoms with Gasteiger partial charge in [0.15, 0.2) is 0 Å². The van der Waals surface area contributed by atoms with E-state index in [0.717, 1.165) is 30.9 Å². The Labute approximate surface area is 141 Å². The van der Waals surface area contributed by atoms with Gasteiger partial charge < -0.3 is 15.2 Å². The fourth-order valence-corrected chi connectivity index (χ4v) is 3.79. The normalized spacial score (nSPS) is 15.1. The number of likely N-dealkylation sites (N-methyl/N-ethyl adjacent to an activating group) is 1. The predicted molar refractivity (Wildman–Crippen MR) is 97.5 cm³/mol. The van der Waals surface area contributed by atoms with Crippen molar-refractivity contribution in [1.82, 2.24) is 9.47 Å². The summed E-state index contributed by atoms with van der Waals surface area (Å²) in [6.45, 7) is 4.19. The first-order valence-corrected chi connectivity index (χ1v) is 8.29. The quantitative estimate of drug-likeness (QED) is 0.682. The van der Waals surface area contributed by atoms with Gasteiger partial charge in [-0.05, 0) is 49.9 Å². The van der Waals surface area contributed by atoms with Crippen LogP contribution in [0.5, 0.6) is 0 Å². The van der Waals surface area contributed by atoms with Crippen LogP contribution in [0.15, 0.2) is 36.4 Å². The van der Waals surface area contributed by atoms with Crippen LogP contribution >= 0.6 is 11.6 Å². The van der Waals surface area contributed by atoms with Crippen LogP contribution in [0.3, 0.4) is 0 Å². The van der Waals surface area contributed by atoms with E-state index in [-0.39, 0.29) is 0 Å². The summed E-state index contributed by atoms with van der Waals surface area (Å²) in [5, 5.41) is 2.01. The highest BCUT2D eigenvalue weighted by Crippen LogP contribution is 2.35. The Kier molecular flexibility index (Phi) is 3.36. The van der Waals surface area contributed by atoms with Gasteiger partial charge in [0, 0.05) is 35.6 Å². The molecule has 0 bridgehead atoms. The molecule has 0 radical (unpaired) electrons. The molecular formula is C19H20ClN3. The lowest BCUT2D eigenvalue weighted by Gasteiger charge is -2.24. The lowest BCUT2D eigenvalue weighted by atomic mass is 10.0. The maximum absolute atomic E-state index is 6.28. The van der Waals surface area contributed by atoms with Gasteiger partial charge in [-0.3, -0.25) is 0 Å². The molecule has 2 N–H and O–H groups in total. The molecule has 1 aromatic heterocycles. The number of aryl methyl sites for hydroxylation is 1. The van der Waals surface area contributed by atoms with Gasteiger partial charge in [-0.1, -0.05) is 23.2 Å². The van der Waals surface area contributed by atoms with E-state index in [1.807, 2.05) is 18.2 Å². The maximum Gasteiger partial charge on any atom is 0.0689 e. The van der Waals surface area contributed by atoms with Crippen LogP contribution in [-0.2, 0) is 13.0 Å². The number of rotatable bonds is 1. The number of nitrogens with zero attached hydrogens (tertiary/aromatic N) is 2. The molecule has 118 valence electrons. The number of benzene rings is 2. The Morgan fingerprint density at radius 3 is 2.74 bits per heavy atom. The second-order valence-corrected chi connectivity index (χ2v) is 6.91. The zero-order valence-electron chi connectivity index (χ0n) is 13.4. The molecule has 23 heavy (non-hydrogen) atoms. The van der Waals surface area contributed by atoms with Gasteiger partial charge in [-0.25, -0.2) is 0 Å². The van der Waals surface area contributed by atoms with Crippen molar-refractivity contribution in [3.8, 4) is 5.69 Å². The van der Waals surface area contributed by atoms with Gasteiger partial charge in [-0.2, -0.15) is 0 Å². The zero-order valence-corrected chi connectivity index (χ0v) is 14.2. The van der Waals surface area contributed by atoms with Crippen LogP contribution in [0.25, 0.3) is 16.6 Å². The summed E-state index contributed by atoms with van der Waals surface area (Å²) in [6, 6.07) is 12.4.